The Kier molecular flexibility index (Phi) is 6.54. The smallest absolute Gasteiger partial charge is 0.165 e. The number of carbonyl (C=O) groups excluding carboxylic acids is 3. The van der Waals surface area contributed by atoms with Gasteiger partial charge in [0.2, 0.25) is 0 Å². The van der Waals surface area contributed by atoms with E-state index in [1.165, 1.54) is 0 Å². The first-order valence-electron chi connectivity index (χ1n) is 6.62. The summed E-state index contributed by atoms with van der Waals surface area (Å²) in [7, 11) is 0. The van der Waals surface area contributed by atoms with Crippen molar-refractivity contribution in [3.63, 3.8) is 0 Å². The summed E-state index contributed by atoms with van der Waals surface area (Å²) in [5, 5.41) is 0. The molecule has 0 N–H and O–H groups in total. The Bertz CT molecular complexity index is 483. The molecule has 0 aliphatic rings. The molecule has 0 fully saturated rings. The Morgan fingerprint density at radius 2 is 1.60 bits per heavy atom. The highest BCUT2D eigenvalue weighted by atomic mass is 16.1. The standard InChI is InChI=1S/C17H24O3/c1-11(2)15(19)8-13(10-18)14(9-17(5,6)7)16(20)12(3)4/h14H,1,3,8-9H2,2,4-7H3. The molecular formula is C17H24O3. The van der Waals surface area contributed by atoms with E-state index in [1.807, 2.05) is 20.8 Å². The molecule has 0 aliphatic carbocycles. The Balaban J connectivity index is 5.43. The van der Waals surface area contributed by atoms with E-state index in [-0.39, 0.29) is 29.0 Å². The number of rotatable bonds is 7. The second kappa shape index (κ2) is 7.16. The molecule has 0 amide bonds. The van der Waals surface area contributed by atoms with E-state index in [9.17, 15) is 14.4 Å². The van der Waals surface area contributed by atoms with Crippen LogP contribution in [0.5, 0.6) is 0 Å². The highest BCUT2D eigenvalue weighted by Crippen LogP contribution is 2.31. The summed E-state index contributed by atoms with van der Waals surface area (Å²) in [6.45, 7) is 16.3. The van der Waals surface area contributed by atoms with Crippen molar-refractivity contribution in [2.45, 2.75) is 47.5 Å². The maximum absolute atomic E-state index is 12.2. The van der Waals surface area contributed by atoms with Crippen molar-refractivity contribution in [3.8, 4) is 0 Å². The summed E-state index contributed by atoms with van der Waals surface area (Å²) in [4.78, 5) is 35.2. The van der Waals surface area contributed by atoms with Gasteiger partial charge in [0.25, 0.3) is 0 Å². The third kappa shape index (κ3) is 5.94. The quantitative estimate of drug-likeness (QED) is 0.528. The van der Waals surface area contributed by atoms with Gasteiger partial charge < -0.3 is 0 Å². The second-order valence-electron chi connectivity index (χ2n) is 6.47. The van der Waals surface area contributed by atoms with E-state index < -0.39 is 5.92 Å². The second-order valence-corrected chi connectivity index (χ2v) is 6.47. The maximum Gasteiger partial charge on any atom is 0.165 e. The van der Waals surface area contributed by atoms with Crippen LogP contribution in [0.4, 0.5) is 0 Å². The van der Waals surface area contributed by atoms with E-state index in [1.54, 1.807) is 19.8 Å². The SMILES string of the molecule is C=C(C)C(=O)CC(=C=O)C(CC(C)(C)C)C(=O)C(=C)C. The molecule has 20 heavy (non-hydrogen) atoms. The maximum atomic E-state index is 12.2. The molecule has 0 spiro atoms. The van der Waals surface area contributed by atoms with Crippen LogP contribution in [0.15, 0.2) is 29.9 Å². The zero-order valence-corrected chi connectivity index (χ0v) is 13.1. The molecule has 0 bridgehead atoms. The molecular weight excluding hydrogens is 252 g/mol. The fourth-order valence-corrected chi connectivity index (χ4v) is 1.84. The predicted molar refractivity (Wildman–Crippen MR) is 81.0 cm³/mol. The van der Waals surface area contributed by atoms with Gasteiger partial charge in [-0.1, -0.05) is 33.9 Å². The van der Waals surface area contributed by atoms with Gasteiger partial charge >= 0.3 is 0 Å². The summed E-state index contributed by atoms with van der Waals surface area (Å²) < 4.78 is 0. The lowest BCUT2D eigenvalue weighted by Crippen LogP contribution is -2.25. The van der Waals surface area contributed by atoms with Gasteiger partial charge in [-0.15, -0.1) is 0 Å². The van der Waals surface area contributed by atoms with Crippen LogP contribution in [0.3, 0.4) is 0 Å². The lowest BCUT2D eigenvalue weighted by molar-refractivity contribution is -0.119. The molecule has 0 saturated carbocycles. The minimum atomic E-state index is -0.631. The minimum Gasteiger partial charge on any atom is -0.294 e. The van der Waals surface area contributed by atoms with E-state index >= 15 is 0 Å². The van der Waals surface area contributed by atoms with Crippen molar-refractivity contribution in [1.29, 1.82) is 0 Å². The lowest BCUT2D eigenvalue weighted by Gasteiger charge is -2.25. The first-order chi connectivity index (χ1) is 8.99. The Morgan fingerprint density at radius 1 is 1.10 bits per heavy atom. The van der Waals surface area contributed by atoms with Gasteiger partial charge in [-0.25, -0.2) is 4.79 Å². The van der Waals surface area contributed by atoms with E-state index in [0.717, 1.165) is 0 Å². The summed E-state index contributed by atoms with van der Waals surface area (Å²) in [5.74, 6) is 0.718. The van der Waals surface area contributed by atoms with Crippen LogP contribution >= 0.6 is 0 Å². The molecule has 0 aromatic heterocycles. The number of carbonyl (C=O) groups is 2. The predicted octanol–water partition coefficient (Wildman–Crippen LogP) is 3.48. The third-order valence-corrected chi connectivity index (χ3v) is 2.93. The summed E-state index contributed by atoms with van der Waals surface area (Å²) in [6.07, 6.45) is 0.380. The van der Waals surface area contributed by atoms with E-state index in [0.29, 0.717) is 17.6 Å². The monoisotopic (exact) mass is 276 g/mol. The molecule has 110 valence electrons. The van der Waals surface area contributed by atoms with Crippen molar-refractivity contribution in [2.75, 3.05) is 0 Å². The van der Waals surface area contributed by atoms with Gasteiger partial charge in [-0.3, -0.25) is 9.59 Å². The molecule has 3 nitrogen and oxygen atoms in total. The topological polar surface area (TPSA) is 51.2 Å². The zero-order valence-electron chi connectivity index (χ0n) is 13.1. The molecule has 0 heterocycles. The first kappa shape index (κ1) is 18.3. The number of allylic oxidation sites excluding steroid dienone is 3. The van der Waals surface area contributed by atoms with Crippen LogP contribution in [-0.2, 0) is 14.4 Å². The molecule has 0 aromatic carbocycles. The number of hydrogen-bond acceptors (Lipinski definition) is 3. The van der Waals surface area contributed by atoms with Crippen molar-refractivity contribution < 1.29 is 14.4 Å². The van der Waals surface area contributed by atoms with Crippen molar-refractivity contribution >= 4 is 17.5 Å². The van der Waals surface area contributed by atoms with Crippen molar-refractivity contribution in [1.82, 2.24) is 0 Å². The first-order valence-corrected chi connectivity index (χ1v) is 6.62. The van der Waals surface area contributed by atoms with Crippen LogP contribution in [0.25, 0.3) is 0 Å². The largest absolute Gasteiger partial charge is 0.294 e. The van der Waals surface area contributed by atoms with E-state index in [2.05, 4.69) is 13.2 Å². The summed E-state index contributed by atoms with van der Waals surface area (Å²) in [6, 6.07) is 0. The molecule has 0 aliphatic heterocycles. The number of ketones is 2. The molecule has 0 rings (SSSR count). The van der Waals surface area contributed by atoms with Gasteiger partial charge in [0.05, 0.1) is 5.92 Å². The summed E-state index contributed by atoms with van der Waals surface area (Å²) in [5.41, 5.74) is 0.801. The van der Waals surface area contributed by atoms with Gasteiger partial charge in [0.15, 0.2) is 11.6 Å². The van der Waals surface area contributed by atoms with Gasteiger partial charge in [0.1, 0.15) is 5.94 Å². The molecule has 1 unspecified atom stereocenters. The zero-order chi connectivity index (χ0) is 16.1. The van der Waals surface area contributed by atoms with Gasteiger partial charge in [-0.2, -0.15) is 0 Å². The normalized spacial score (nSPS) is 12.2. The fraction of sp³-hybridized carbons (Fsp3) is 0.529. The van der Waals surface area contributed by atoms with Crippen LogP contribution in [0.2, 0.25) is 0 Å². The van der Waals surface area contributed by atoms with Crippen molar-refractivity contribution in [3.05, 3.63) is 29.9 Å². The average molecular weight is 276 g/mol. The average Bonchev–Trinajstić information content (AvgIpc) is 2.30. The fourth-order valence-electron chi connectivity index (χ4n) is 1.84. The highest BCUT2D eigenvalue weighted by molar-refractivity contribution is 6.02. The molecule has 3 heteroatoms. The number of Topliss-reactive ketones (excluding diaryl/α,β-unsaturated/α-hetero) is 2. The van der Waals surface area contributed by atoms with Crippen molar-refractivity contribution in [2.24, 2.45) is 11.3 Å². The van der Waals surface area contributed by atoms with Crippen LogP contribution in [0, 0.1) is 11.3 Å². The minimum absolute atomic E-state index is 0.0986. The van der Waals surface area contributed by atoms with Gasteiger partial charge in [0, 0.05) is 12.0 Å². The Morgan fingerprint density at radius 3 is 1.90 bits per heavy atom. The highest BCUT2D eigenvalue weighted by Gasteiger charge is 2.30. The van der Waals surface area contributed by atoms with E-state index in [4.69, 9.17) is 0 Å². The van der Waals surface area contributed by atoms with Crippen LogP contribution < -0.4 is 0 Å². The van der Waals surface area contributed by atoms with Crippen LogP contribution in [-0.4, -0.2) is 17.5 Å². The molecule has 0 radical (unpaired) electrons. The Labute approximate surface area is 121 Å². The molecule has 0 saturated heterocycles. The lowest BCUT2D eigenvalue weighted by atomic mass is 9.77. The number of hydrogen-bond donors (Lipinski definition) is 0. The molecule has 0 aromatic rings. The molecule has 1 atom stereocenters. The summed E-state index contributed by atoms with van der Waals surface area (Å²) >= 11 is 0. The van der Waals surface area contributed by atoms with Gasteiger partial charge in [-0.05, 0) is 36.8 Å². The Hall–Kier alpha value is -1.73. The van der Waals surface area contributed by atoms with Crippen LogP contribution in [0.1, 0.15) is 47.5 Å². The third-order valence-electron chi connectivity index (χ3n) is 2.93.